The SMILES string of the molecule is Cc1cccc(CN(Cc2nnc(-c3cccnc3)o2)C[C@H]2CCCO2)c1. The van der Waals surface area contributed by atoms with E-state index in [1.54, 1.807) is 12.4 Å². The Morgan fingerprint density at radius 3 is 2.89 bits per heavy atom. The molecule has 3 aromatic rings. The Morgan fingerprint density at radius 1 is 1.15 bits per heavy atom. The van der Waals surface area contributed by atoms with E-state index in [-0.39, 0.29) is 6.10 Å². The van der Waals surface area contributed by atoms with Crippen molar-refractivity contribution in [3.05, 3.63) is 65.8 Å². The van der Waals surface area contributed by atoms with Gasteiger partial charge in [-0.15, -0.1) is 10.2 Å². The molecule has 1 atom stereocenters. The summed E-state index contributed by atoms with van der Waals surface area (Å²) in [6.07, 6.45) is 5.97. The molecule has 1 fully saturated rings. The molecular weight excluding hydrogens is 340 g/mol. The monoisotopic (exact) mass is 364 g/mol. The van der Waals surface area contributed by atoms with Crippen LogP contribution in [0, 0.1) is 6.92 Å². The van der Waals surface area contributed by atoms with Gasteiger partial charge in [0.1, 0.15) is 0 Å². The molecule has 0 N–H and O–H groups in total. The van der Waals surface area contributed by atoms with E-state index in [2.05, 4.69) is 51.3 Å². The molecule has 0 amide bonds. The molecular formula is C21H24N4O2. The van der Waals surface area contributed by atoms with Crippen molar-refractivity contribution in [3.63, 3.8) is 0 Å². The first kappa shape index (κ1) is 17.8. The van der Waals surface area contributed by atoms with Crippen molar-refractivity contribution < 1.29 is 9.15 Å². The van der Waals surface area contributed by atoms with Crippen molar-refractivity contribution in [3.8, 4) is 11.5 Å². The minimum Gasteiger partial charge on any atom is -0.419 e. The summed E-state index contributed by atoms with van der Waals surface area (Å²) >= 11 is 0. The Balaban J connectivity index is 1.49. The second-order valence-electron chi connectivity index (χ2n) is 7.04. The summed E-state index contributed by atoms with van der Waals surface area (Å²) < 4.78 is 11.7. The molecule has 0 saturated carbocycles. The second kappa shape index (κ2) is 8.41. The topological polar surface area (TPSA) is 64.3 Å². The molecule has 0 radical (unpaired) electrons. The van der Waals surface area contributed by atoms with Gasteiger partial charge in [0.05, 0.1) is 18.2 Å². The molecule has 1 saturated heterocycles. The molecule has 6 nitrogen and oxygen atoms in total. The summed E-state index contributed by atoms with van der Waals surface area (Å²) in [5, 5.41) is 8.42. The summed E-state index contributed by atoms with van der Waals surface area (Å²) in [7, 11) is 0. The molecule has 140 valence electrons. The zero-order chi connectivity index (χ0) is 18.5. The smallest absolute Gasteiger partial charge is 0.249 e. The van der Waals surface area contributed by atoms with Gasteiger partial charge in [-0.05, 0) is 37.5 Å². The van der Waals surface area contributed by atoms with Crippen LogP contribution in [0.15, 0.2) is 53.2 Å². The lowest BCUT2D eigenvalue weighted by molar-refractivity contribution is 0.0649. The number of hydrogen-bond acceptors (Lipinski definition) is 6. The van der Waals surface area contributed by atoms with Crippen molar-refractivity contribution in [2.45, 2.75) is 39.0 Å². The van der Waals surface area contributed by atoms with Gasteiger partial charge in [-0.3, -0.25) is 9.88 Å². The maximum Gasteiger partial charge on any atom is 0.249 e. The van der Waals surface area contributed by atoms with Crippen LogP contribution in [0.25, 0.3) is 11.5 Å². The van der Waals surface area contributed by atoms with Gasteiger partial charge in [0.25, 0.3) is 0 Å². The molecule has 2 aromatic heterocycles. The average Bonchev–Trinajstić information content (AvgIpc) is 3.35. The molecule has 0 bridgehead atoms. The Kier molecular flexibility index (Phi) is 5.55. The first-order chi connectivity index (χ1) is 13.3. The van der Waals surface area contributed by atoms with Crippen LogP contribution < -0.4 is 0 Å². The Bertz CT molecular complexity index is 859. The van der Waals surface area contributed by atoms with Crippen molar-refractivity contribution in [1.29, 1.82) is 0 Å². The van der Waals surface area contributed by atoms with Crippen molar-refractivity contribution in [1.82, 2.24) is 20.1 Å². The molecule has 6 heteroatoms. The Labute approximate surface area is 159 Å². The molecule has 27 heavy (non-hydrogen) atoms. The number of ether oxygens (including phenoxy) is 1. The number of aromatic nitrogens is 3. The molecule has 0 spiro atoms. The van der Waals surface area contributed by atoms with Crippen LogP contribution >= 0.6 is 0 Å². The first-order valence-corrected chi connectivity index (χ1v) is 9.38. The summed E-state index contributed by atoms with van der Waals surface area (Å²) in [5.41, 5.74) is 3.38. The Hall–Kier alpha value is -2.57. The van der Waals surface area contributed by atoms with Crippen molar-refractivity contribution in [2.75, 3.05) is 13.2 Å². The van der Waals surface area contributed by atoms with Crippen LogP contribution in [0.1, 0.15) is 29.9 Å². The lowest BCUT2D eigenvalue weighted by Crippen LogP contribution is -2.31. The van der Waals surface area contributed by atoms with Gasteiger partial charge in [0, 0.05) is 32.1 Å². The quantitative estimate of drug-likeness (QED) is 0.638. The van der Waals surface area contributed by atoms with Gasteiger partial charge >= 0.3 is 0 Å². The van der Waals surface area contributed by atoms with Gasteiger partial charge < -0.3 is 9.15 Å². The zero-order valence-corrected chi connectivity index (χ0v) is 15.5. The minimum atomic E-state index is 0.274. The third kappa shape index (κ3) is 4.78. The highest BCUT2D eigenvalue weighted by Gasteiger charge is 2.21. The van der Waals surface area contributed by atoms with E-state index < -0.39 is 0 Å². The van der Waals surface area contributed by atoms with Gasteiger partial charge in [-0.1, -0.05) is 29.8 Å². The predicted molar refractivity (Wildman–Crippen MR) is 102 cm³/mol. The fraction of sp³-hybridized carbons (Fsp3) is 0.381. The maximum absolute atomic E-state index is 5.88. The Morgan fingerprint density at radius 2 is 2.11 bits per heavy atom. The predicted octanol–water partition coefficient (Wildman–Crippen LogP) is 3.62. The lowest BCUT2D eigenvalue weighted by atomic mass is 10.1. The van der Waals surface area contributed by atoms with Crippen LogP contribution in [0.3, 0.4) is 0 Å². The molecule has 0 unspecified atom stereocenters. The highest BCUT2D eigenvalue weighted by Crippen LogP contribution is 2.20. The molecule has 0 aliphatic carbocycles. The van der Waals surface area contributed by atoms with Crippen molar-refractivity contribution >= 4 is 0 Å². The van der Waals surface area contributed by atoms with Crippen LogP contribution in [0.5, 0.6) is 0 Å². The van der Waals surface area contributed by atoms with E-state index in [1.165, 1.54) is 11.1 Å². The van der Waals surface area contributed by atoms with Gasteiger partial charge in [-0.25, -0.2) is 0 Å². The normalized spacial score (nSPS) is 16.9. The lowest BCUT2D eigenvalue weighted by Gasteiger charge is -2.24. The summed E-state index contributed by atoms with van der Waals surface area (Å²) in [6.45, 7) is 5.26. The molecule has 4 rings (SSSR count). The van der Waals surface area contributed by atoms with E-state index >= 15 is 0 Å². The number of nitrogens with zero attached hydrogens (tertiary/aromatic N) is 4. The highest BCUT2D eigenvalue weighted by atomic mass is 16.5. The third-order valence-corrected chi connectivity index (χ3v) is 4.71. The summed E-state index contributed by atoms with van der Waals surface area (Å²) in [5.74, 6) is 1.12. The summed E-state index contributed by atoms with van der Waals surface area (Å²) in [4.78, 5) is 6.43. The average molecular weight is 364 g/mol. The standard InChI is InChI=1S/C21H24N4O2/c1-16-5-2-6-17(11-16)13-25(14-19-8-4-10-26-19)15-20-23-24-21(27-20)18-7-3-9-22-12-18/h2-3,5-7,9,11-12,19H,4,8,10,13-15H2,1H3/t19-/m1/s1. The minimum absolute atomic E-state index is 0.274. The molecule has 1 aliphatic heterocycles. The van der Waals surface area contributed by atoms with Crippen molar-refractivity contribution in [2.24, 2.45) is 0 Å². The van der Waals surface area contributed by atoms with Gasteiger partial charge in [0.15, 0.2) is 0 Å². The third-order valence-electron chi connectivity index (χ3n) is 4.71. The van der Waals surface area contributed by atoms with Gasteiger partial charge in [-0.2, -0.15) is 0 Å². The summed E-state index contributed by atoms with van der Waals surface area (Å²) in [6, 6.07) is 12.4. The fourth-order valence-corrected chi connectivity index (χ4v) is 3.44. The number of rotatable bonds is 7. The van der Waals surface area contributed by atoms with Crippen LogP contribution in [0.4, 0.5) is 0 Å². The van der Waals surface area contributed by atoms with Crippen LogP contribution in [-0.4, -0.2) is 39.3 Å². The zero-order valence-electron chi connectivity index (χ0n) is 15.5. The molecule has 1 aromatic carbocycles. The fourth-order valence-electron chi connectivity index (χ4n) is 3.44. The number of aryl methyl sites for hydroxylation is 1. The number of pyridine rings is 1. The van der Waals surface area contributed by atoms with E-state index in [4.69, 9.17) is 9.15 Å². The molecule has 3 heterocycles. The number of benzene rings is 1. The highest BCUT2D eigenvalue weighted by molar-refractivity contribution is 5.49. The van der Waals surface area contributed by atoms with E-state index in [9.17, 15) is 0 Å². The van der Waals surface area contributed by atoms with Gasteiger partial charge in [0.2, 0.25) is 11.8 Å². The largest absolute Gasteiger partial charge is 0.419 e. The first-order valence-electron chi connectivity index (χ1n) is 9.38. The van der Waals surface area contributed by atoms with Crippen LogP contribution in [-0.2, 0) is 17.8 Å². The maximum atomic E-state index is 5.88. The van der Waals surface area contributed by atoms with Crippen LogP contribution in [0.2, 0.25) is 0 Å². The number of hydrogen-bond donors (Lipinski definition) is 0. The van der Waals surface area contributed by atoms with E-state index in [1.807, 2.05) is 12.1 Å². The second-order valence-corrected chi connectivity index (χ2v) is 7.04. The van der Waals surface area contributed by atoms with E-state index in [0.717, 1.165) is 38.1 Å². The molecule has 1 aliphatic rings. The van der Waals surface area contributed by atoms with E-state index in [0.29, 0.717) is 18.3 Å².